The monoisotopic (exact) mass is 238 g/mol. The van der Waals surface area contributed by atoms with Gasteiger partial charge in [0.1, 0.15) is 17.6 Å². The van der Waals surface area contributed by atoms with Gasteiger partial charge in [0.2, 0.25) is 0 Å². The molecule has 0 saturated carbocycles. The lowest BCUT2D eigenvalue weighted by Crippen LogP contribution is -2.01. The molecule has 2 nitrogen and oxygen atoms in total. The second-order valence-corrected chi connectivity index (χ2v) is 4.57. The molecule has 1 aliphatic heterocycles. The molecule has 1 heterocycles. The Hall–Kier alpha value is -2.22. The first-order valence-corrected chi connectivity index (χ1v) is 5.91. The first kappa shape index (κ1) is 10.9. The summed E-state index contributed by atoms with van der Waals surface area (Å²) in [5, 5.41) is 9.76. The van der Waals surface area contributed by atoms with Crippen molar-refractivity contribution in [2.45, 2.75) is 13.0 Å². The van der Waals surface area contributed by atoms with Gasteiger partial charge < -0.3 is 9.84 Å². The third-order valence-corrected chi connectivity index (χ3v) is 3.31. The smallest absolute Gasteiger partial charge is 0.149 e. The molecule has 18 heavy (non-hydrogen) atoms. The molecule has 1 aliphatic rings. The maximum Gasteiger partial charge on any atom is 0.149 e. The van der Waals surface area contributed by atoms with Gasteiger partial charge in [0.05, 0.1) is 0 Å². The predicted molar refractivity (Wildman–Crippen MR) is 71.7 cm³/mol. The maximum absolute atomic E-state index is 9.76. The number of aromatic hydroxyl groups is 1. The summed E-state index contributed by atoms with van der Waals surface area (Å²) in [5.74, 6) is 1.08. The van der Waals surface area contributed by atoms with E-state index in [1.165, 1.54) is 0 Å². The number of phenolic OH excluding ortho intramolecular Hbond substituents is 1. The highest BCUT2D eigenvalue weighted by atomic mass is 16.5. The minimum atomic E-state index is -0.151. The van der Waals surface area contributed by atoms with E-state index in [4.69, 9.17) is 4.74 Å². The van der Waals surface area contributed by atoms with Gasteiger partial charge >= 0.3 is 0 Å². The van der Waals surface area contributed by atoms with Crippen LogP contribution in [0.4, 0.5) is 0 Å². The average Bonchev–Trinajstić information content (AvgIpc) is 2.69. The lowest BCUT2D eigenvalue weighted by Gasteiger charge is -2.11. The van der Waals surface area contributed by atoms with Crippen molar-refractivity contribution in [3.05, 3.63) is 65.7 Å². The predicted octanol–water partition coefficient (Wildman–Crippen LogP) is 3.85. The highest BCUT2D eigenvalue weighted by molar-refractivity contribution is 5.78. The Labute approximate surface area is 106 Å². The summed E-state index contributed by atoms with van der Waals surface area (Å²) in [6.45, 7) is 5.95. The van der Waals surface area contributed by atoms with Gasteiger partial charge in [-0.3, -0.25) is 0 Å². The molecule has 0 spiro atoms. The minimum Gasteiger partial charge on any atom is -0.508 e. The Morgan fingerprint density at radius 1 is 1.17 bits per heavy atom. The quantitative estimate of drug-likeness (QED) is 0.817. The van der Waals surface area contributed by atoms with E-state index >= 15 is 0 Å². The summed E-state index contributed by atoms with van der Waals surface area (Å²) < 4.78 is 5.93. The Balaban J connectivity index is 2.04. The molecular formula is C16H14O2. The minimum absolute atomic E-state index is 0.151. The van der Waals surface area contributed by atoms with Gasteiger partial charge in [0.15, 0.2) is 0 Å². The van der Waals surface area contributed by atoms with Crippen molar-refractivity contribution in [1.82, 2.24) is 0 Å². The molecule has 1 atom stereocenters. The van der Waals surface area contributed by atoms with Crippen LogP contribution >= 0.6 is 0 Å². The van der Waals surface area contributed by atoms with Crippen LogP contribution in [0.25, 0.3) is 5.57 Å². The molecule has 0 aliphatic carbocycles. The van der Waals surface area contributed by atoms with Crippen molar-refractivity contribution in [3.63, 3.8) is 0 Å². The Kier molecular flexibility index (Phi) is 2.37. The second kappa shape index (κ2) is 3.91. The first-order chi connectivity index (χ1) is 8.66. The van der Waals surface area contributed by atoms with Gasteiger partial charge in [-0.2, -0.15) is 0 Å². The van der Waals surface area contributed by atoms with E-state index in [9.17, 15) is 5.11 Å². The Morgan fingerprint density at radius 3 is 2.61 bits per heavy atom. The summed E-state index contributed by atoms with van der Waals surface area (Å²) in [5.41, 5.74) is 3.68. The lowest BCUT2D eigenvalue weighted by molar-refractivity contribution is 0.283. The fourth-order valence-electron chi connectivity index (χ4n) is 2.25. The third kappa shape index (κ3) is 1.58. The second-order valence-electron chi connectivity index (χ2n) is 4.57. The van der Waals surface area contributed by atoms with Gasteiger partial charge in [0, 0.05) is 11.1 Å². The van der Waals surface area contributed by atoms with Crippen molar-refractivity contribution in [2.75, 3.05) is 0 Å². The topological polar surface area (TPSA) is 29.5 Å². The van der Waals surface area contributed by atoms with Crippen LogP contribution in [0.1, 0.15) is 22.8 Å². The number of ether oxygens (including phenoxy) is 1. The van der Waals surface area contributed by atoms with Crippen molar-refractivity contribution < 1.29 is 9.84 Å². The molecule has 0 radical (unpaired) electrons. The summed E-state index contributed by atoms with van der Waals surface area (Å²) in [6.07, 6.45) is -0.151. The summed E-state index contributed by atoms with van der Waals surface area (Å²) in [7, 11) is 0. The first-order valence-electron chi connectivity index (χ1n) is 5.91. The summed E-state index contributed by atoms with van der Waals surface area (Å²) in [6, 6.07) is 13.6. The van der Waals surface area contributed by atoms with E-state index < -0.39 is 0 Å². The number of fused-ring (bicyclic) bond motifs is 1. The molecule has 1 N–H and O–H groups in total. The zero-order chi connectivity index (χ0) is 12.7. The van der Waals surface area contributed by atoms with Crippen LogP contribution in [0.5, 0.6) is 11.5 Å². The van der Waals surface area contributed by atoms with Gasteiger partial charge in [-0.15, -0.1) is 0 Å². The van der Waals surface area contributed by atoms with E-state index in [2.05, 4.69) is 6.58 Å². The molecule has 0 aromatic heterocycles. The summed E-state index contributed by atoms with van der Waals surface area (Å²) in [4.78, 5) is 0. The molecule has 90 valence electrons. The van der Waals surface area contributed by atoms with Crippen LogP contribution in [-0.2, 0) is 0 Å². The third-order valence-electron chi connectivity index (χ3n) is 3.31. The van der Waals surface area contributed by atoms with Crippen LogP contribution in [0, 0.1) is 6.92 Å². The number of hydrogen-bond acceptors (Lipinski definition) is 2. The molecule has 0 saturated heterocycles. The largest absolute Gasteiger partial charge is 0.508 e. The van der Waals surface area contributed by atoms with E-state index in [0.717, 1.165) is 28.0 Å². The van der Waals surface area contributed by atoms with Gasteiger partial charge in [-0.1, -0.05) is 36.9 Å². The molecule has 3 rings (SSSR count). The van der Waals surface area contributed by atoms with Crippen LogP contribution < -0.4 is 4.74 Å². The SMILES string of the molecule is C=C1c2cc(O)c(C)cc2OC1c1ccccc1. The van der Waals surface area contributed by atoms with E-state index in [-0.39, 0.29) is 11.9 Å². The van der Waals surface area contributed by atoms with Crippen molar-refractivity contribution >= 4 is 5.57 Å². The zero-order valence-corrected chi connectivity index (χ0v) is 10.2. The molecular weight excluding hydrogens is 224 g/mol. The van der Waals surface area contributed by atoms with Crippen LogP contribution in [-0.4, -0.2) is 5.11 Å². The van der Waals surface area contributed by atoms with Crippen molar-refractivity contribution in [1.29, 1.82) is 0 Å². The molecule has 2 aromatic rings. The lowest BCUT2D eigenvalue weighted by atomic mass is 9.98. The highest BCUT2D eigenvalue weighted by Crippen LogP contribution is 2.46. The summed E-state index contributed by atoms with van der Waals surface area (Å²) >= 11 is 0. The number of rotatable bonds is 1. The number of aryl methyl sites for hydroxylation is 1. The van der Waals surface area contributed by atoms with E-state index in [1.54, 1.807) is 6.07 Å². The molecule has 2 heteroatoms. The number of phenols is 1. The fraction of sp³-hybridized carbons (Fsp3) is 0.125. The number of hydrogen-bond donors (Lipinski definition) is 1. The number of benzene rings is 2. The fourth-order valence-corrected chi connectivity index (χ4v) is 2.25. The Bertz CT molecular complexity index is 614. The zero-order valence-electron chi connectivity index (χ0n) is 10.2. The van der Waals surface area contributed by atoms with E-state index in [0.29, 0.717) is 0 Å². The molecule has 0 fully saturated rings. The van der Waals surface area contributed by atoms with Crippen molar-refractivity contribution in [2.24, 2.45) is 0 Å². The van der Waals surface area contributed by atoms with E-state index in [1.807, 2.05) is 43.3 Å². The van der Waals surface area contributed by atoms with Gasteiger partial charge in [-0.25, -0.2) is 0 Å². The highest BCUT2D eigenvalue weighted by Gasteiger charge is 2.29. The van der Waals surface area contributed by atoms with Crippen LogP contribution in [0.3, 0.4) is 0 Å². The van der Waals surface area contributed by atoms with Gasteiger partial charge in [-0.05, 0) is 30.2 Å². The van der Waals surface area contributed by atoms with Gasteiger partial charge in [0.25, 0.3) is 0 Å². The van der Waals surface area contributed by atoms with Crippen LogP contribution in [0.2, 0.25) is 0 Å². The average molecular weight is 238 g/mol. The van der Waals surface area contributed by atoms with Crippen LogP contribution in [0.15, 0.2) is 49.0 Å². The molecule has 2 aromatic carbocycles. The Morgan fingerprint density at radius 2 is 1.89 bits per heavy atom. The van der Waals surface area contributed by atoms with Crippen molar-refractivity contribution in [3.8, 4) is 11.5 Å². The molecule has 0 bridgehead atoms. The maximum atomic E-state index is 9.76. The normalized spacial score (nSPS) is 17.4. The standard InChI is InChI=1S/C16H14O2/c1-10-8-15-13(9-14(10)17)11(2)16(18-15)12-6-4-3-5-7-12/h3-9,16-17H,2H2,1H3. The molecule has 1 unspecified atom stereocenters. The molecule has 0 amide bonds.